The first kappa shape index (κ1) is 18.7. The largest absolute Gasteiger partial charge is 0.342 e. The van der Waals surface area contributed by atoms with E-state index < -0.39 is 15.8 Å². The molecule has 1 heterocycles. The zero-order valence-corrected chi connectivity index (χ0v) is 15.1. The predicted octanol–water partition coefficient (Wildman–Crippen LogP) is 2.63. The van der Waals surface area contributed by atoms with Gasteiger partial charge in [-0.1, -0.05) is 19.1 Å². The number of halogens is 1. The lowest BCUT2D eigenvalue weighted by molar-refractivity contribution is -0.132. The molecule has 1 saturated heterocycles. The Kier molecular flexibility index (Phi) is 6.21. The van der Waals surface area contributed by atoms with E-state index in [1.165, 1.54) is 18.2 Å². The number of piperidine rings is 1. The minimum Gasteiger partial charge on any atom is -0.342 e. The number of para-hydroxylation sites is 1. The Hall–Kier alpha value is -1.63. The van der Waals surface area contributed by atoms with Gasteiger partial charge in [-0.3, -0.25) is 9.10 Å². The van der Waals surface area contributed by atoms with Gasteiger partial charge in [0.05, 0.1) is 11.9 Å². The van der Waals surface area contributed by atoms with Gasteiger partial charge in [0.2, 0.25) is 15.9 Å². The van der Waals surface area contributed by atoms with Gasteiger partial charge < -0.3 is 4.90 Å². The monoisotopic (exact) mass is 356 g/mol. The first-order valence-corrected chi connectivity index (χ1v) is 10.1. The van der Waals surface area contributed by atoms with Crippen LogP contribution in [0.15, 0.2) is 24.3 Å². The Labute approximate surface area is 143 Å². The van der Waals surface area contributed by atoms with Crippen molar-refractivity contribution in [3.8, 4) is 0 Å². The summed E-state index contributed by atoms with van der Waals surface area (Å²) in [6, 6.07) is 5.77. The average molecular weight is 356 g/mol. The van der Waals surface area contributed by atoms with Crippen LogP contribution in [0, 0.1) is 11.7 Å². The smallest absolute Gasteiger partial charge is 0.232 e. The van der Waals surface area contributed by atoms with E-state index in [0.29, 0.717) is 12.3 Å². The van der Waals surface area contributed by atoms with Crippen molar-refractivity contribution in [3.63, 3.8) is 0 Å². The number of anilines is 1. The highest BCUT2D eigenvalue weighted by Crippen LogP contribution is 2.22. The first-order chi connectivity index (χ1) is 11.3. The Balaban J connectivity index is 1.97. The van der Waals surface area contributed by atoms with Crippen molar-refractivity contribution >= 4 is 21.6 Å². The molecular weight excluding hydrogens is 331 g/mol. The van der Waals surface area contributed by atoms with Gasteiger partial charge in [-0.15, -0.1) is 0 Å². The SMILES string of the molecule is CC1CCCN(C(=O)CCCN(c2ccccc2F)S(C)(=O)=O)C1. The molecule has 7 heteroatoms. The van der Waals surface area contributed by atoms with Crippen LogP contribution in [0.25, 0.3) is 0 Å². The van der Waals surface area contributed by atoms with Crippen molar-refractivity contribution in [1.82, 2.24) is 4.90 Å². The maximum atomic E-state index is 13.9. The minimum atomic E-state index is -3.60. The number of hydrogen-bond acceptors (Lipinski definition) is 3. The highest BCUT2D eigenvalue weighted by molar-refractivity contribution is 7.92. The highest BCUT2D eigenvalue weighted by atomic mass is 32.2. The summed E-state index contributed by atoms with van der Waals surface area (Å²) in [4.78, 5) is 14.1. The quantitative estimate of drug-likeness (QED) is 0.787. The summed E-state index contributed by atoms with van der Waals surface area (Å²) in [5.41, 5.74) is 0.0269. The van der Waals surface area contributed by atoms with E-state index >= 15 is 0 Å². The van der Waals surface area contributed by atoms with Gasteiger partial charge in [0.1, 0.15) is 5.82 Å². The lowest BCUT2D eigenvalue weighted by Crippen LogP contribution is -2.39. The van der Waals surface area contributed by atoms with Crippen LogP contribution < -0.4 is 4.31 Å². The minimum absolute atomic E-state index is 0.0269. The summed E-state index contributed by atoms with van der Waals surface area (Å²) >= 11 is 0. The van der Waals surface area contributed by atoms with E-state index in [2.05, 4.69) is 6.92 Å². The highest BCUT2D eigenvalue weighted by Gasteiger charge is 2.23. The third-order valence-electron chi connectivity index (χ3n) is 4.28. The first-order valence-electron chi connectivity index (χ1n) is 8.29. The Morgan fingerprint density at radius 3 is 2.71 bits per heavy atom. The van der Waals surface area contributed by atoms with Crippen LogP contribution in [0.1, 0.15) is 32.6 Å². The van der Waals surface area contributed by atoms with Crippen molar-refractivity contribution in [3.05, 3.63) is 30.1 Å². The summed E-state index contributed by atoms with van der Waals surface area (Å²) in [7, 11) is -3.60. The van der Waals surface area contributed by atoms with E-state index in [1.807, 2.05) is 4.90 Å². The van der Waals surface area contributed by atoms with Gasteiger partial charge in [-0.05, 0) is 37.3 Å². The molecule has 0 bridgehead atoms. The fourth-order valence-corrected chi connectivity index (χ4v) is 4.03. The molecule has 5 nitrogen and oxygen atoms in total. The number of nitrogens with zero attached hydrogens (tertiary/aromatic N) is 2. The molecule has 134 valence electrons. The van der Waals surface area contributed by atoms with E-state index in [1.54, 1.807) is 6.07 Å². The summed E-state index contributed by atoms with van der Waals surface area (Å²) in [6.45, 7) is 3.76. The molecule has 0 aliphatic carbocycles. The summed E-state index contributed by atoms with van der Waals surface area (Å²) < 4.78 is 38.9. The van der Waals surface area contributed by atoms with Gasteiger partial charge in [-0.2, -0.15) is 0 Å². The van der Waals surface area contributed by atoms with E-state index in [9.17, 15) is 17.6 Å². The number of carbonyl (C=O) groups is 1. The number of benzene rings is 1. The number of sulfonamides is 1. The average Bonchev–Trinajstić information content (AvgIpc) is 2.51. The van der Waals surface area contributed by atoms with Crippen molar-refractivity contribution in [2.45, 2.75) is 32.6 Å². The summed E-state index contributed by atoms with van der Waals surface area (Å²) in [5.74, 6) is -0.0312. The summed E-state index contributed by atoms with van der Waals surface area (Å²) in [5, 5.41) is 0. The van der Waals surface area contributed by atoms with E-state index in [-0.39, 0.29) is 24.6 Å². The molecule has 1 aliphatic heterocycles. The molecule has 0 aromatic heterocycles. The topological polar surface area (TPSA) is 57.7 Å². The Bertz CT molecular complexity index is 678. The van der Waals surface area contributed by atoms with Gasteiger partial charge >= 0.3 is 0 Å². The van der Waals surface area contributed by atoms with Gasteiger partial charge in [0.25, 0.3) is 0 Å². The molecule has 0 radical (unpaired) electrons. The molecule has 1 aromatic rings. The molecule has 1 fully saturated rings. The predicted molar refractivity (Wildman–Crippen MR) is 92.8 cm³/mol. The maximum absolute atomic E-state index is 13.9. The van der Waals surface area contributed by atoms with Crippen LogP contribution in [0.4, 0.5) is 10.1 Å². The van der Waals surface area contributed by atoms with Gasteiger partial charge in [0.15, 0.2) is 0 Å². The molecule has 2 rings (SSSR count). The zero-order chi connectivity index (χ0) is 17.7. The van der Waals surface area contributed by atoms with Crippen LogP contribution in [0.5, 0.6) is 0 Å². The van der Waals surface area contributed by atoms with Crippen LogP contribution in [0.2, 0.25) is 0 Å². The van der Waals surface area contributed by atoms with Crippen LogP contribution >= 0.6 is 0 Å². The van der Waals surface area contributed by atoms with Crippen molar-refractivity contribution in [1.29, 1.82) is 0 Å². The molecule has 1 amide bonds. The Morgan fingerprint density at radius 2 is 2.08 bits per heavy atom. The number of amides is 1. The second-order valence-corrected chi connectivity index (χ2v) is 8.38. The van der Waals surface area contributed by atoms with Crippen molar-refractivity contribution < 1.29 is 17.6 Å². The van der Waals surface area contributed by atoms with E-state index in [0.717, 1.165) is 36.5 Å². The number of carbonyl (C=O) groups excluding carboxylic acids is 1. The fourth-order valence-electron chi connectivity index (χ4n) is 3.07. The summed E-state index contributed by atoms with van der Waals surface area (Å²) in [6.07, 6.45) is 3.84. The fraction of sp³-hybridized carbons (Fsp3) is 0.588. The Morgan fingerprint density at radius 1 is 1.38 bits per heavy atom. The van der Waals surface area contributed by atoms with Crippen LogP contribution in [-0.4, -0.2) is 45.1 Å². The zero-order valence-electron chi connectivity index (χ0n) is 14.2. The molecular formula is C17H25FN2O3S. The molecule has 1 aliphatic rings. The maximum Gasteiger partial charge on any atom is 0.232 e. The van der Waals surface area contributed by atoms with Gasteiger partial charge in [0, 0.05) is 26.1 Å². The molecule has 0 spiro atoms. The van der Waals surface area contributed by atoms with Gasteiger partial charge in [-0.25, -0.2) is 12.8 Å². The molecule has 1 atom stereocenters. The van der Waals surface area contributed by atoms with Crippen LogP contribution in [0.3, 0.4) is 0 Å². The van der Waals surface area contributed by atoms with Crippen molar-refractivity contribution in [2.75, 3.05) is 30.2 Å². The third-order valence-corrected chi connectivity index (χ3v) is 5.46. The third kappa shape index (κ3) is 4.93. The van der Waals surface area contributed by atoms with E-state index in [4.69, 9.17) is 0 Å². The molecule has 1 unspecified atom stereocenters. The second kappa shape index (κ2) is 7.96. The lowest BCUT2D eigenvalue weighted by Gasteiger charge is -2.31. The normalized spacial score (nSPS) is 18.5. The number of hydrogen-bond donors (Lipinski definition) is 0. The second-order valence-electron chi connectivity index (χ2n) is 6.48. The lowest BCUT2D eigenvalue weighted by atomic mass is 10.00. The molecule has 0 N–H and O–H groups in total. The number of likely N-dealkylation sites (tertiary alicyclic amines) is 1. The molecule has 1 aromatic carbocycles. The molecule has 0 saturated carbocycles. The molecule has 24 heavy (non-hydrogen) atoms. The van der Waals surface area contributed by atoms with Crippen LogP contribution in [-0.2, 0) is 14.8 Å². The standard InChI is InChI=1S/C17H25FN2O3S/c1-14-7-5-11-19(13-14)17(21)10-6-12-20(24(2,22)23)16-9-4-3-8-15(16)18/h3-4,8-9,14H,5-7,10-13H2,1-2H3. The van der Waals surface area contributed by atoms with Crippen molar-refractivity contribution in [2.24, 2.45) is 5.92 Å². The number of rotatable bonds is 6.